The number of carbonyl (C=O) groups excluding carboxylic acids is 2. The van der Waals surface area contributed by atoms with E-state index in [1.54, 1.807) is 18.2 Å². The van der Waals surface area contributed by atoms with Crippen LogP contribution in [0.5, 0.6) is 0 Å². The summed E-state index contributed by atoms with van der Waals surface area (Å²) in [6.07, 6.45) is 0.528. The van der Waals surface area contributed by atoms with Crippen LogP contribution in [0.15, 0.2) is 48.5 Å². The van der Waals surface area contributed by atoms with Gasteiger partial charge in [0.15, 0.2) is 0 Å². The maximum Gasteiger partial charge on any atom is 0.339 e. The molecule has 0 aliphatic carbocycles. The van der Waals surface area contributed by atoms with E-state index in [1.165, 1.54) is 41.7 Å². The summed E-state index contributed by atoms with van der Waals surface area (Å²) < 4.78 is 46.2. The van der Waals surface area contributed by atoms with Gasteiger partial charge in [0, 0.05) is 19.6 Å². The van der Waals surface area contributed by atoms with Gasteiger partial charge in [0.05, 0.1) is 24.9 Å². The number of amides is 1. The van der Waals surface area contributed by atoms with Crippen LogP contribution in [-0.2, 0) is 26.3 Å². The Morgan fingerprint density at radius 2 is 1.83 bits per heavy atom. The van der Waals surface area contributed by atoms with Crippen LogP contribution in [0, 0.1) is 5.82 Å². The van der Waals surface area contributed by atoms with Crippen LogP contribution in [0.2, 0.25) is 0 Å². The maximum atomic E-state index is 13.4. The Morgan fingerprint density at radius 3 is 2.57 bits per heavy atom. The lowest BCUT2D eigenvalue weighted by atomic mass is 10.2. The third-order valence-corrected chi connectivity index (χ3v) is 6.57. The van der Waals surface area contributed by atoms with E-state index >= 15 is 0 Å². The van der Waals surface area contributed by atoms with Crippen LogP contribution in [0.3, 0.4) is 0 Å². The molecule has 0 radical (unpaired) electrons. The summed E-state index contributed by atoms with van der Waals surface area (Å²) in [6, 6.07) is 12.0. The molecule has 0 bridgehead atoms. The Bertz CT molecular complexity index is 1040. The second-order valence-electron chi connectivity index (χ2n) is 6.74. The van der Waals surface area contributed by atoms with Crippen LogP contribution in [0.4, 0.5) is 10.1 Å². The van der Waals surface area contributed by atoms with Gasteiger partial charge in [-0.2, -0.15) is 17.0 Å². The second-order valence-corrected chi connectivity index (χ2v) is 8.67. The van der Waals surface area contributed by atoms with Gasteiger partial charge in [0.1, 0.15) is 5.82 Å². The van der Waals surface area contributed by atoms with Crippen molar-refractivity contribution < 1.29 is 27.1 Å². The minimum Gasteiger partial charge on any atom is -0.465 e. The topological polar surface area (TPSA) is 96.0 Å². The molecule has 2 aromatic rings. The number of carbonyl (C=O) groups is 2. The zero-order valence-electron chi connectivity index (χ0n) is 16.4. The Kier molecular flexibility index (Phi) is 6.80. The highest BCUT2D eigenvalue weighted by Crippen LogP contribution is 2.21. The molecular formula is C20H22FN3O5S. The first-order chi connectivity index (χ1) is 14.3. The Labute approximate surface area is 174 Å². The van der Waals surface area contributed by atoms with E-state index in [1.807, 2.05) is 0 Å². The first-order valence-electron chi connectivity index (χ1n) is 9.28. The van der Waals surface area contributed by atoms with Crippen LogP contribution < -0.4 is 5.32 Å². The Balaban J connectivity index is 1.70. The van der Waals surface area contributed by atoms with Gasteiger partial charge in [-0.25, -0.2) is 9.18 Å². The standard InChI is InChI=1S/C20H22FN3O5S/c1-29-20(26)17-8-2-3-9-18(17)22-19(25)14-24-11-5-10-23(30(24,27)28)13-15-6-4-7-16(21)12-15/h2-4,6-9,12H,5,10-11,13-14H2,1H3,(H,22,25). The molecule has 1 heterocycles. The van der Waals surface area contributed by atoms with E-state index in [0.29, 0.717) is 12.0 Å². The molecule has 1 fully saturated rings. The van der Waals surface area contributed by atoms with E-state index in [9.17, 15) is 22.4 Å². The lowest BCUT2D eigenvalue weighted by Gasteiger charge is -2.34. The molecule has 1 N–H and O–H groups in total. The van der Waals surface area contributed by atoms with Crippen molar-refractivity contribution in [1.29, 1.82) is 0 Å². The van der Waals surface area contributed by atoms with Crippen molar-refractivity contribution in [1.82, 2.24) is 8.61 Å². The predicted molar refractivity (Wildman–Crippen MR) is 108 cm³/mol. The largest absolute Gasteiger partial charge is 0.465 e. The van der Waals surface area contributed by atoms with Gasteiger partial charge < -0.3 is 10.1 Å². The van der Waals surface area contributed by atoms with E-state index in [0.717, 1.165) is 4.31 Å². The molecule has 30 heavy (non-hydrogen) atoms. The molecule has 0 atom stereocenters. The van der Waals surface area contributed by atoms with Crippen molar-refractivity contribution >= 4 is 27.8 Å². The molecule has 0 saturated carbocycles. The molecule has 1 aliphatic heterocycles. The van der Waals surface area contributed by atoms with Gasteiger partial charge in [-0.1, -0.05) is 24.3 Å². The van der Waals surface area contributed by atoms with E-state index in [-0.39, 0.29) is 30.9 Å². The van der Waals surface area contributed by atoms with Crippen LogP contribution >= 0.6 is 0 Å². The first kappa shape index (κ1) is 21.9. The fraction of sp³-hybridized carbons (Fsp3) is 0.300. The third-order valence-electron chi connectivity index (χ3n) is 4.64. The molecule has 1 aliphatic rings. The molecule has 0 aromatic heterocycles. The normalized spacial score (nSPS) is 16.7. The lowest BCUT2D eigenvalue weighted by molar-refractivity contribution is -0.116. The molecule has 0 unspecified atom stereocenters. The highest BCUT2D eigenvalue weighted by molar-refractivity contribution is 7.86. The second kappa shape index (κ2) is 9.33. The van der Waals surface area contributed by atoms with Gasteiger partial charge in [-0.3, -0.25) is 4.79 Å². The number of methoxy groups -OCH3 is 1. The van der Waals surface area contributed by atoms with E-state index < -0.39 is 34.4 Å². The van der Waals surface area contributed by atoms with Gasteiger partial charge in [0.25, 0.3) is 10.2 Å². The first-order valence-corrected chi connectivity index (χ1v) is 10.7. The molecule has 1 amide bonds. The Morgan fingerprint density at radius 1 is 1.10 bits per heavy atom. The van der Waals surface area contributed by atoms with E-state index in [4.69, 9.17) is 4.74 Å². The Hall–Kier alpha value is -2.82. The number of rotatable bonds is 6. The summed E-state index contributed by atoms with van der Waals surface area (Å²) in [7, 11) is -2.67. The molecule has 160 valence electrons. The summed E-state index contributed by atoms with van der Waals surface area (Å²) in [5, 5.41) is 2.57. The van der Waals surface area contributed by atoms with Gasteiger partial charge in [-0.05, 0) is 36.2 Å². The average molecular weight is 435 g/mol. The number of hydrogen-bond donors (Lipinski definition) is 1. The minimum atomic E-state index is -3.90. The monoisotopic (exact) mass is 435 g/mol. The highest BCUT2D eigenvalue weighted by Gasteiger charge is 2.34. The molecule has 0 spiro atoms. The number of nitrogens with zero attached hydrogens (tertiary/aromatic N) is 2. The zero-order chi connectivity index (χ0) is 21.7. The summed E-state index contributed by atoms with van der Waals surface area (Å²) in [5.74, 6) is -1.64. The number of para-hydroxylation sites is 1. The molecule has 2 aromatic carbocycles. The quantitative estimate of drug-likeness (QED) is 0.701. The smallest absolute Gasteiger partial charge is 0.339 e. The average Bonchev–Trinajstić information content (AvgIpc) is 2.71. The SMILES string of the molecule is COC(=O)c1ccccc1NC(=O)CN1CCCN(Cc2cccc(F)c2)S1(=O)=O. The number of anilines is 1. The van der Waals surface area contributed by atoms with Crippen molar-refractivity contribution in [3.8, 4) is 0 Å². The number of esters is 1. The molecular weight excluding hydrogens is 413 g/mol. The predicted octanol–water partition coefficient (Wildman–Crippen LogP) is 2.00. The zero-order valence-corrected chi connectivity index (χ0v) is 17.2. The summed E-state index contributed by atoms with van der Waals surface area (Å²) >= 11 is 0. The molecule has 1 saturated heterocycles. The maximum absolute atomic E-state index is 13.4. The fourth-order valence-corrected chi connectivity index (χ4v) is 4.85. The van der Waals surface area contributed by atoms with Gasteiger partial charge in [-0.15, -0.1) is 0 Å². The lowest BCUT2D eigenvalue weighted by Crippen LogP contribution is -2.51. The van der Waals surface area contributed by atoms with Crippen LogP contribution in [0.1, 0.15) is 22.3 Å². The molecule has 10 heteroatoms. The van der Waals surface area contributed by atoms with Crippen molar-refractivity contribution in [2.45, 2.75) is 13.0 Å². The number of nitrogens with one attached hydrogen (secondary N) is 1. The summed E-state index contributed by atoms with van der Waals surface area (Å²) in [4.78, 5) is 24.3. The van der Waals surface area contributed by atoms with Crippen molar-refractivity contribution in [2.24, 2.45) is 0 Å². The van der Waals surface area contributed by atoms with Crippen molar-refractivity contribution in [2.75, 3.05) is 32.1 Å². The van der Waals surface area contributed by atoms with Crippen LogP contribution in [-0.4, -0.2) is 55.6 Å². The number of ether oxygens (including phenoxy) is 1. The molecule has 3 rings (SSSR count). The number of halogens is 1. The summed E-state index contributed by atoms with van der Waals surface area (Å²) in [5.41, 5.74) is 0.930. The van der Waals surface area contributed by atoms with Gasteiger partial charge in [0.2, 0.25) is 5.91 Å². The number of hydrogen-bond acceptors (Lipinski definition) is 5. The molecule has 8 nitrogen and oxygen atoms in total. The van der Waals surface area contributed by atoms with E-state index in [2.05, 4.69) is 5.32 Å². The van der Waals surface area contributed by atoms with Crippen LogP contribution in [0.25, 0.3) is 0 Å². The summed E-state index contributed by atoms with van der Waals surface area (Å²) in [6.45, 7) is 0.0804. The van der Waals surface area contributed by atoms with Crippen molar-refractivity contribution in [3.05, 3.63) is 65.5 Å². The minimum absolute atomic E-state index is 0.0172. The number of benzene rings is 2. The fourth-order valence-electron chi connectivity index (χ4n) is 3.21. The van der Waals surface area contributed by atoms with Gasteiger partial charge >= 0.3 is 5.97 Å². The third kappa shape index (κ3) is 5.02. The van der Waals surface area contributed by atoms with Crippen molar-refractivity contribution in [3.63, 3.8) is 0 Å². The highest BCUT2D eigenvalue weighted by atomic mass is 32.2.